The Balaban J connectivity index is 1.87. The zero-order chi connectivity index (χ0) is 24.2. The monoisotopic (exact) mass is 483 g/mol. The summed E-state index contributed by atoms with van der Waals surface area (Å²) in [5.74, 6) is -0.568. The Morgan fingerprint density at radius 3 is 2.33 bits per heavy atom. The molecular weight excluding hydrogens is 458 g/mol. The third kappa shape index (κ3) is 5.61. The van der Waals surface area contributed by atoms with Gasteiger partial charge in [0.25, 0.3) is 15.9 Å². The summed E-state index contributed by atoms with van der Waals surface area (Å²) in [6.07, 6.45) is 1.56. The van der Waals surface area contributed by atoms with E-state index < -0.39 is 22.5 Å². The maximum absolute atomic E-state index is 13.4. The van der Waals surface area contributed by atoms with Crippen LogP contribution in [-0.4, -0.2) is 27.1 Å². The van der Waals surface area contributed by atoms with Gasteiger partial charge < -0.3 is 0 Å². The van der Waals surface area contributed by atoms with Crippen LogP contribution in [0, 0.1) is 27.7 Å². The molecule has 172 valence electrons. The summed E-state index contributed by atoms with van der Waals surface area (Å²) < 4.78 is 27.8. The van der Waals surface area contributed by atoms with Gasteiger partial charge in [0.1, 0.15) is 6.54 Å². The third-order valence-electron chi connectivity index (χ3n) is 5.54. The zero-order valence-electron chi connectivity index (χ0n) is 19.0. The lowest BCUT2D eigenvalue weighted by atomic mass is 10.00. The Morgan fingerprint density at radius 1 is 0.970 bits per heavy atom. The molecule has 3 aromatic rings. The molecule has 0 aliphatic heterocycles. The van der Waals surface area contributed by atoms with Crippen LogP contribution in [0.5, 0.6) is 0 Å². The summed E-state index contributed by atoms with van der Waals surface area (Å²) in [6.45, 7) is 7.35. The van der Waals surface area contributed by atoms with Gasteiger partial charge in [0.2, 0.25) is 0 Å². The van der Waals surface area contributed by atoms with Gasteiger partial charge in [0.15, 0.2) is 0 Å². The molecular formula is C25H26ClN3O3S. The second kappa shape index (κ2) is 10.2. The van der Waals surface area contributed by atoms with Crippen LogP contribution < -0.4 is 9.73 Å². The van der Waals surface area contributed by atoms with Crippen molar-refractivity contribution >= 4 is 39.4 Å². The van der Waals surface area contributed by atoms with E-state index in [2.05, 4.69) is 10.5 Å². The summed E-state index contributed by atoms with van der Waals surface area (Å²) in [5.41, 5.74) is 7.72. The molecule has 0 saturated heterocycles. The number of benzene rings is 3. The molecule has 0 saturated carbocycles. The van der Waals surface area contributed by atoms with Crippen LogP contribution in [0.25, 0.3) is 0 Å². The van der Waals surface area contributed by atoms with Gasteiger partial charge in [-0.15, -0.1) is 0 Å². The van der Waals surface area contributed by atoms with E-state index in [1.54, 1.807) is 49.5 Å². The maximum Gasteiger partial charge on any atom is 0.264 e. The molecule has 0 bridgehead atoms. The first-order valence-corrected chi connectivity index (χ1v) is 12.2. The quantitative estimate of drug-likeness (QED) is 0.382. The smallest absolute Gasteiger partial charge is 0.264 e. The highest BCUT2D eigenvalue weighted by Crippen LogP contribution is 2.28. The molecule has 0 unspecified atom stereocenters. The maximum atomic E-state index is 13.4. The van der Waals surface area contributed by atoms with Crippen molar-refractivity contribution < 1.29 is 13.2 Å². The molecule has 6 nitrogen and oxygen atoms in total. The lowest BCUT2D eigenvalue weighted by Crippen LogP contribution is -2.40. The average molecular weight is 484 g/mol. The Morgan fingerprint density at radius 2 is 1.67 bits per heavy atom. The van der Waals surface area contributed by atoms with Gasteiger partial charge in [-0.3, -0.25) is 9.10 Å². The van der Waals surface area contributed by atoms with E-state index in [1.165, 1.54) is 17.7 Å². The van der Waals surface area contributed by atoms with Crippen molar-refractivity contribution in [3.63, 3.8) is 0 Å². The summed E-state index contributed by atoms with van der Waals surface area (Å²) >= 11 is 6.05. The zero-order valence-corrected chi connectivity index (χ0v) is 20.5. The summed E-state index contributed by atoms with van der Waals surface area (Å²) in [6, 6.07) is 16.7. The topological polar surface area (TPSA) is 78.8 Å². The SMILES string of the molecule is Cc1cc(Cl)ccc1N(CC(=O)N/N=C\c1ccc(C)c(C)c1C)S(=O)(=O)c1ccccc1. The highest BCUT2D eigenvalue weighted by molar-refractivity contribution is 7.92. The minimum atomic E-state index is -4.00. The van der Waals surface area contributed by atoms with Gasteiger partial charge in [-0.05, 0) is 85.8 Å². The van der Waals surface area contributed by atoms with Gasteiger partial charge in [-0.1, -0.05) is 41.9 Å². The Labute approximate surface area is 200 Å². The van der Waals surface area contributed by atoms with E-state index >= 15 is 0 Å². The normalized spacial score (nSPS) is 11.5. The van der Waals surface area contributed by atoms with E-state index in [4.69, 9.17) is 11.6 Å². The van der Waals surface area contributed by atoms with E-state index in [9.17, 15) is 13.2 Å². The van der Waals surface area contributed by atoms with Crippen LogP contribution in [0.2, 0.25) is 5.02 Å². The summed E-state index contributed by atoms with van der Waals surface area (Å²) in [5, 5.41) is 4.52. The molecule has 8 heteroatoms. The van der Waals surface area contributed by atoms with E-state index in [0.29, 0.717) is 16.3 Å². The minimum Gasteiger partial charge on any atom is -0.271 e. The number of hydrazone groups is 1. The van der Waals surface area contributed by atoms with Crippen molar-refractivity contribution in [3.05, 3.63) is 93.5 Å². The van der Waals surface area contributed by atoms with E-state index in [1.807, 2.05) is 32.9 Å². The van der Waals surface area contributed by atoms with Gasteiger partial charge in [-0.2, -0.15) is 5.10 Å². The molecule has 1 amide bonds. The van der Waals surface area contributed by atoms with Gasteiger partial charge >= 0.3 is 0 Å². The van der Waals surface area contributed by atoms with Crippen molar-refractivity contribution in [2.75, 3.05) is 10.8 Å². The number of hydrogen-bond donors (Lipinski definition) is 1. The second-order valence-electron chi connectivity index (χ2n) is 7.77. The number of sulfonamides is 1. The van der Waals surface area contributed by atoms with E-state index in [-0.39, 0.29) is 4.90 Å². The lowest BCUT2D eigenvalue weighted by Gasteiger charge is -2.25. The van der Waals surface area contributed by atoms with E-state index in [0.717, 1.165) is 21.0 Å². The fourth-order valence-electron chi connectivity index (χ4n) is 3.37. The first-order valence-electron chi connectivity index (χ1n) is 10.3. The fourth-order valence-corrected chi connectivity index (χ4v) is 5.11. The number of carbonyl (C=O) groups is 1. The Bertz CT molecular complexity index is 1310. The van der Waals surface area contributed by atoms with Crippen molar-refractivity contribution in [1.82, 2.24) is 5.43 Å². The molecule has 0 aliphatic carbocycles. The molecule has 0 heterocycles. The predicted molar refractivity (Wildman–Crippen MR) is 134 cm³/mol. The average Bonchev–Trinajstić information content (AvgIpc) is 2.78. The first-order chi connectivity index (χ1) is 15.6. The van der Waals surface area contributed by atoms with Crippen LogP contribution >= 0.6 is 11.6 Å². The number of amides is 1. The van der Waals surface area contributed by atoms with Crippen molar-refractivity contribution in [3.8, 4) is 0 Å². The number of carbonyl (C=O) groups excluding carboxylic acids is 1. The fraction of sp³-hybridized carbons (Fsp3) is 0.200. The van der Waals surface area contributed by atoms with Gasteiger partial charge in [0, 0.05) is 5.02 Å². The lowest BCUT2D eigenvalue weighted by molar-refractivity contribution is -0.119. The molecule has 1 N–H and O–H groups in total. The Hall–Kier alpha value is -3.16. The third-order valence-corrected chi connectivity index (χ3v) is 7.55. The number of anilines is 1. The molecule has 0 fully saturated rings. The van der Waals surface area contributed by atoms with Crippen LogP contribution in [0.1, 0.15) is 27.8 Å². The Kier molecular flexibility index (Phi) is 7.56. The van der Waals surface area contributed by atoms with Crippen molar-refractivity contribution in [2.45, 2.75) is 32.6 Å². The predicted octanol–water partition coefficient (Wildman–Crippen LogP) is 4.92. The van der Waals surface area contributed by atoms with Gasteiger partial charge in [0.05, 0.1) is 16.8 Å². The molecule has 3 rings (SSSR count). The molecule has 0 aliphatic rings. The number of nitrogens with zero attached hydrogens (tertiary/aromatic N) is 2. The molecule has 3 aromatic carbocycles. The largest absolute Gasteiger partial charge is 0.271 e. The molecule has 0 atom stereocenters. The highest BCUT2D eigenvalue weighted by atomic mass is 35.5. The van der Waals surface area contributed by atoms with Crippen LogP contribution in [0.3, 0.4) is 0 Å². The minimum absolute atomic E-state index is 0.0846. The van der Waals surface area contributed by atoms with Crippen LogP contribution in [-0.2, 0) is 14.8 Å². The standard InChI is InChI=1S/C25H26ClN3O3S/c1-17-10-11-21(20(4)19(17)3)15-27-28-25(30)16-29(24-13-12-22(26)14-18(24)2)33(31,32)23-8-6-5-7-9-23/h5-15H,16H2,1-4H3,(H,28,30)/b27-15-. The van der Waals surface area contributed by atoms with Crippen molar-refractivity contribution in [2.24, 2.45) is 5.10 Å². The molecule has 0 spiro atoms. The summed E-state index contributed by atoms with van der Waals surface area (Å²) in [7, 11) is -4.00. The van der Waals surface area contributed by atoms with Crippen LogP contribution in [0.15, 0.2) is 70.7 Å². The molecule has 0 radical (unpaired) electrons. The van der Waals surface area contributed by atoms with Crippen LogP contribution in [0.4, 0.5) is 5.69 Å². The number of halogens is 1. The second-order valence-corrected chi connectivity index (χ2v) is 10.1. The highest BCUT2D eigenvalue weighted by Gasteiger charge is 2.28. The number of rotatable bonds is 7. The first kappa shape index (κ1) is 24.5. The number of aryl methyl sites for hydroxylation is 2. The number of nitrogens with one attached hydrogen (secondary N) is 1. The molecule has 0 aromatic heterocycles. The van der Waals surface area contributed by atoms with Crippen molar-refractivity contribution in [1.29, 1.82) is 0 Å². The molecule has 33 heavy (non-hydrogen) atoms. The number of hydrogen-bond acceptors (Lipinski definition) is 4. The summed E-state index contributed by atoms with van der Waals surface area (Å²) in [4.78, 5) is 12.8. The van der Waals surface area contributed by atoms with Gasteiger partial charge in [-0.25, -0.2) is 13.8 Å².